The van der Waals surface area contributed by atoms with Crippen molar-refractivity contribution in [2.45, 2.75) is 19.5 Å². The summed E-state index contributed by atoms with van der Waals surface area (Å²) >= 11 is 0. The molecule has 1 aliphatic heterocycles. The highest BCUT2D eigenvalue weighted by Gasteiger charge is 2.30. The Morgan fingerprint density at radius 3 is 2.68 bits per heavy atom. The minimum absolute atomic E-state index is 0.00905. The largest absolute Gasteiger partial charge is 0.507 e. The predicted octanol–water partition coefficient (Wildman–Crippen LogP) is 2.55. The highest BCUT2D eigenvalue weighted by Crippen LogP contribution is 2.22. The van der Waals surface area contributed by atoms with Crippen molar-refractivity contribution < 1.29 is 9.90 Å². The van der Waals surface area contributed by atoms with Crippen LogP contribution in [0.5, 0.6) is 5.75 Å². The van der Waals surface area contributed by atoms with E-state index in [0.717, 1.165) is 11.1 Å². The third kappa shape index (κ3) is 3.81. The number of carbonyl (C=O) groups is 1. The lowest BCUT2D eigenvalue weighted by Gasteiger charge is -2.38. The van der Waals surface area contributed by atoms with E-state index in [2.05, 4.69) is 11.0 Å². The van der Waals surface area contributed by atoms with Crippen LogP contribution in [0.4, 0.5) is 0 Å². The smallest absolute Gasteiger partial charge is 0.257 e. The van der Waals surface area contributed by atoms with Gasteiger partial charge in [0.2, 0.25) is 0 Å². The molecule has 0 unspecified atom stereocenters. The van der Waals surface area contributed by atoms with Gasteiger partial charge in [0, 0.05) is 26.2 Å². The number of rotatable bonds is 3. The molecule has 1 fully saturated rings. The molecule has 0 radical (unpaired) electrons. The molecule has 3 rings (SSSR count). The molecule has 25 heavy (non-hydrogen) atoms. The average Bonchev–Trinajstić information content (AvgIpc) is 2.62. The Labute approximate surface area is 147 Å². The van der Waals surface area contributed by atoms with E-state index in [1.807, 2.05) is 37.3 Å². The maximum absolute atomic E-state index is 12.7. The molecule has 1 heterocycles. The van der Waals surface area contributed by atoms with E-state index in [0.29, 0.717) is 31.7 Å². The molecule has 5 nitrogen and oxygen atoms in total. The maximum Gasteiger partial charge on any atom is 0.257 e. The number of carbonyl (C=O) groups excluding carboxylic acids is 1. The Hall–Kier alpha value is -2.84. The van der Waals surface area contributed by atoms with Gasteiger partial charge in [0.1, 0.15) is 11.8 Å². The Morgan fingerprint density at radius 1 is 1.24 bits per heavy atom. The first-order valence-corrected chi connectivity index (χ1v) is 8.35. The predicted molar refractivity (Wildman–Crippen MR) is 95.0 cm³/mol. The summed E-state index contributed by atoms with van der Waals surface area (Å²) in [4.78, 5) is 16.4. The van der Waals surface area contributed by atoms with Crippen molar-refractivity contribution in [2.75, 3.05) is 19.6 Å². The summed E-state index contributed by atoms with van der Waals surface area (Å²) in [7, 11) is 0. The Kier molecular flexibility index (Phi) is 5.01. The molecule has 2 aromatic rings. The molecule has 2 aromatic carbocycles. The van der Waals surface area contributed by atoms with Gasteiger partial charge < -0.3 is 10.0 Å². The van der Waals surface area contributed by atoms with Gasteiger partial charge >= 0.3 is 0 Å². The second kappa shape index (κ2) is 7.37. The molecule has 1 aliphatic rings. The molecule has 128 valence electrons. The van der Waals surface area contributed by atoms with Gasteiger partial charge in [-0.1, -0.05) is 36.4 Å². The van der Waals surface area contributed by atoms with Crippen LogP contribution in [0.1, 0.15) is 21.5 Å². The number of aryl methyl sites for hydroxylation is 1. The van der Waals surface area contributed by atoms with Crippen LogP contribution in [0.2, 0.25) is 0 Å². The van der Waals surface area contributed by atoms with Crippen molar-refractivity contribution in [1.29, 1.82) is 5.26 Å². The lowest BCUT2D eigenvalue weighted by atomic mass is 10.1. The van der Waals surface area contributed by atoms with Crippen LogP contribution in [0.3, 0.4) is 0 Å². The summed E-state index contributed by atoms with van der Waals surface area (Å²) in [6, 6.07) is 17.0. The Morgan fingerprint density at radius 2 is 2.00 bits per heavy atom. The van der Waals surface area contributed by atoms with Crippen LogP contribution in [0, 0.1) is 18.3 Å². The Bertz CT molecular complexity index is 798. The van der Waals surface area contributed by atoms with Gasteiger partial charge in [0.05, 0.1) is 11.6 Å². The standard InChI is InChI=1S/C20H21N3O2/c1-15-7-8-18(19(24)11-15)20(25)23-10-9-22(17(12-21)14-23)13-16-5-3-2-4-6-16/h2-8,11,17,24H,9-10,13-14H2,1H3/t17-/m1/s1. The maximum atomic E-state index is 12.7. The zero-order valence-electron chi connectivity index (χ0n) is 14.2. The van der Waals surface area contributed by atoms with Gasteiger partial charge in [-0.15, -0.1) is 0 Å². The van der Waals surface area contributed by atoms with Crippen LogP contribution >= 0.6 is 0 Å². The van der Waals surface area contributed by atoms with Crippen molar-refractivity contribution in [2.24, 2.45) is 0 Å². The number of phenolic OH excluding ortho intramolecular Hbond substituents is 1. The number of hydrogen-bond donors (Lipinski definition) is 1. The molecule has 1 amide bonds. The van der Waals surface area contributed by atoms with E-state index in [1.54, 1.807) is 23.1 Å². The van der Waals surface area contributed by atoms with Gasteiger partial charge in [-0.25, -0.2) is 0 Å². The molecule has 0 spiro atoms. The number of amides is 1. The fraction of sp³-hybridized carbons (Fsp3) is 0.300. The van der Waals surface area contributed by atoms with E-state index in [9.17, 15) is 15.2 Å². The van der Waals surface area contributed by atoms with Gasteiger partial charge in [-0.2, -0.15) is 5.26 Å². The van der Waals surface area contributed by atoms with Crippen LogP contribution in [-0.2, 0) is 6.54 Å². The van der Waals surface area contributed by atoms with E-state index in [4.69, 9.17) is 0 Å². The minimum atomic E-state index is -0.356. The monoisotopic (exact) mass is 335 g/mol. The first kappa shape index (κ1) is 17.0. The number of aromatic hydroxyl groups is 1. The third-order valence-corrected chi connectivity index (χ3v) is 4.54. The molecule has 0 saturated carbocycles. The number of piperazine rings is 1. The summed E-state index contributed by atoms with van der Waals surface area (Å²) in [5, 5.41) is 19.6. The first-order chi connectivity index (χ1) is 12.1. The number of nitrogens with zero attached hydrogens (tertiary/aromatic N) is 3. The number of phenols is 1. The van der Waals surface area contributed by atoms with Crippen LogP contribution in [0.15, 0.2) is 48.5 Å². The Balaban J connectivity index is 1.71. The number of benzene rings is 2. The molecule has 0 aromatic heterocycles. The van der Waals surface area contributed by atoms with E-state index in [-0.39, 0.29) is 17.7 Å². The number of nitriles is 1. The number of hydrogen-bond acceptors (Lipinski definition) is 4. The van der Waals surface area contributed by atoms with Gasteiger partial charge in [0.25, 0.3) is 5.91 Å². The zero-order valence-corrected chi connectivity index (χ0v) is 14.2. The SMILES string of the molecule is Cc1ccc(C(=O)N2CCN(Cc3ccccc3)[C@H](C#N)C2)c(O)c1. The van der Waals surface area contributed by atoms with E-state index < -0.39 is 0 Å². The summed E-state index contributed by atoms with van der Waals surface area (Å²) in [5.41, 5.74) is 2.34. The molecular weight excluding hydrogens is 314 g/mol. The minimum Gasteiger partial charge on any atom is -0.507 e. The first-order valence-electron chi connectivity index (χ1n) is 8.35. The molecule has 0 aliphatic carbocycles. The second-order valence-corrected chi connectivity index (χ2v) is 6.37. The summed E-state index contributed by atoms with van der Waals surface area (Å²) < 4.78 is 0. The van der Waals surface area contributed by atoms with Crippen LogP contribution < -0.4 is 0 Å². The molecule has 1 atom stereocenters. The lowest BCUT2D eigenvalue weighted by molar-refractivity contribution is 0.0549. The van der Waals surface area contributed by atoms with Crippen LogP contribution in [-0.4, -0.2) is 46.5 Å². The van der Waals surface area contributed by atoms with Crippen LogP contribution in [0.25, 0.3) is 0 Å². The molecule has 1 saturated heterocycles. The van der Waals surface area contributed by atoms with Crippen molar-refractivity contribution in [3.05, 3.63) is 65.2 Å². The summed E-state index contributed by atoms with van der Waals surface area (Å²) in [6.45, 7) is 4.07. The average molecular weight is 335 g/mol. The van der Waals surface area contributed by atoms with Gasteiger partial charge in [-0.05, 0) is 30.2 Å². The third-order valence-electron chi connectivity index (χ3n) is 4.54. The van der Waals surface area contributed by atoms with Crippen molar-refractivity contribution >= 4 is 5.91 Å². The fourth-order valence-electron chi connectivity index (χ4n) is 3.13. The zero-order chi connectivity index (χ0) is 17.8. The normalized spacial score (nSPS) is 17.9. The molecule has 5 heteroatoms. The highest BCUT2D eigenvalue weighted by atomic mass is 16.3. The lowest BCUT2D eigenvalue weighted by Crippen LogP contribution is -2.53. The highest BCUT2D eigenvalue weighted by molar-refractivity contribution is 5.97. The summed E-state index contributed by atoms with van der Waals surface area (Å²) in [5.74, 6) is -0.234. The van der Waals surface area contributed by atoms with Gasteiger partial charge in [0.15, 0.2) is 0 Å². The fourth-order valence-corrected chi connectivity index (χ4v) is 3.13. The van der Waals surface area contributed by atoms with Crippen molar-refractivity contribution in [1.82, 2.24) is 9.80 Å². The van der Waals surface area contributed by atoms with Crippen molar-refractivity contribution in [3.8, 4) is 11.8 Å². The quantitative estimate of drug-likeness (QED) is 0.936. The molecule has 1 N–H and O–H groups in total. The molecule has 0 bridgehead atoms. The second-order valence-electron chi connectivity index (χ2n) is 6.37. The molecular formula is C20H21N3O2. The van der Waals surface area contributed by atoms with E-state index >= 15 is 0 Å². The topological polar surface area (TPSA) is 67.6 Å². The van der Waals surface area contributed by atoms with Crippen molar-refractivity contribution in [3.63, 3.8) is 0 Å². The van der Waals surface area contributed by atoms with Gasteiger partial charge in [-0.3, -0.25) is 9.69 Å². The van der Waals surface area contributed by atoms with E-state index in [1.165, 1.54) is 0 Å². The summed E-state index contributed by atoms with van der Waals surface area (Å²) in [6.07, 6.45) is 0.